The van der Waals surface area contributed by atoms with Crippen molar-refractivity contribution in [1.82, 2.24) is 5.32 Å². The molecular weight excluding hydrogens is 332 g/mol. The zero-order valence-corrected chi connectivity index (χ0v) is 14.5. The summed E-state index contributed by atoms with van der Waals surface area (Å²) in [5.41, 5.74) is 1.77. The van der Waals surface area contributed by atoms with Gasteiger partial charge in [-0.15, -0.1) is 0 Å². The Morgan fingerprint density at radius 3 is 2.65 bits per heavy atom. The van der Waals surface area contributed by atoms with E-state index in [0.717, 1.165) is 17.0 Å². The third kappa shape index (κ3) is 3.22. The summed E-state index contributed by atoms with van der Waals surface area (Å²) in [6, 6.07) is 15.0. The number of hydrogen-bond acceptors (Lipinski definition) is 4. The molecule has 1 heterocycles. The molecule has 0 radical (unpaired) electrons. The molecule has 2 aromatic rings. The van der Waals surface area contributed by atoms with Gasteiger partial charge in [-0.05, 0) is 36.2 Å². The Kier molecular flexibility index (Phi) is 4.24. The number of nitrogens with zero attached hydrogens (tertiary/aromatic N) is 1. The van der Waals surface area contributed by atoms with Crippen molar-refractivity contribution in [2.75, 3.05) is 18.7 Å². The Morgan fingerprint density at radius 2 is 1.85 bits per heavy atom. The van der Waals surface area contributed by atoms with Gasteiger partial charge in [0.15, 0.2) is 11.5 Å². The smallest absolute Gasteiger partial charge is 0.231 e. The van der Waals surface area contributed by atoms with Gasteiger partial charge in [0, 0.05) is 19.3 Å². The zero-order valence-electron chi connectivity index (χ0n) is 14.5. The molecular formula is C20H20N2O4. The van der Waals surface area contributed by atoms with E-state index in [0.29, 0.717) is 18.7 Å². The van der Waals surface area contributed by atoms with E-state index in [1.807, 2.05) is 48.5 Å². The number of amides is 2. The number of nitrogens with one attached hydrogen (secondary N) is 1. The molecule has 1 aliphatic carbocycles. The van der Waals surface area contributed by atoms with E-state index in [4.69, 9.17) is 9.47 Å². The van der Waals surface area contributed by atoms with Crippen molar-refractivity contribution in [2.24, 2.45) is 11.8 Å². The highest BCUT2D eigenvalue weighted by Crippen LogP contribution is 2.40. The first kappa shape index (κ1) is 16.4. The van der Waals surface area contributed by atoms with Crippen molar-refractivity contribution in [2.45, 2.75) is 13.0 Å². The predicted octanol–water partition coefficient (Wildman–Crippen LogP) is 2.33. The summed E-state index contributed by atoms with van der Waals surface area (Å²) in [4.78, 5) is 26.5. The second-order valence-corrected chi connectivity index (χ2v) is 6.59. The van der Waals surface area contributed by atoms with Crippen LogP contribution in [-0.4, -0.2) is 25.7 Å². The molecule has 134 valence electrons. The fraction of sp³-hybridized carbons (Fsp3) is 0.300. The topological polar surface area (TPSA) is 67.9 Å². The van der Waals surface area contributed by atoms with E-state index in [9.17, 15) is 9.59 Å². The number of para-hydroxylation sites is 1. The minimum atomic E-state index is -0.248. The summed E-state index contributed by atoms with van der Waals surface area (Å²) < 4.78 is 10.6. The molecule has 0 bridgehead atoms. The van der Waals surface area contributed by atoms with Crippen LogP contribution in [0, 0.1) is 11.8 Å². The van der Waals surface area contributed by atoms with E-state index in [1.54, 1.807) is 11.9 Å². The fourth-order valence-electron chi connectivity index (χ4n) is 3.16. The van der Waals surface area contributed by atoms with Crippen molar-refractivity contribution < 1.29 is 19.1 Å². The lowest BCUT2D eigenvalue weighted by Crippen LogP contribution is -2.31. The number of benzene rings is 2. The molecule has 2 aliphatic rings. The largest absolute Gasteiger partial charge is 0.454 e. The van der Waals surface area contributed by atoms with E-state index in [1.165, 1.54) is 0 Å². The highest BCUT2D eigenvalue weighted by atomic mass is 16.7. The first-order valence-corrected chi connectivity index (χ1v) is 8.62. The summed E-state index contributed by atoms with van der Waals surface area (Å²) in [7, 11) is 1.75. The van der Waals surface area contributed by atoms with E-state index >= 15 is 0 Å². The lowest BCUT2D eigenvalue weighted by Gasteiger charge is -2.17. The van der Waals surface area contributed by atoms with Gasteiger partial charge in [0.2, 0.25) is 18.6 Å². The highest BCUT2D eigenvalue weighted by Gasteiger charge is 2.49. The second-order valence-electron chi connectivity index (χ2n) is 6.59. The van der Waals surface area contributed by atoms with Crippen LogP contribution >= 0.6 is 0 Å². The van der Waals surface area contributed by atoms with Gasteiger partial charge in [0.25, 0.3) is 0 Å². The van der Waals surface area contributed by atoms with Crippen molar-refractivity contribution in [3.8, 4) is 11.5 Å². The molecule has 0 saturated heterocycles. The maximum atomic E-state index is 12.5. The SMILES string of the molecule is CN(C(=O)C1CC1C(=O)NCc1ccc2c(c1)OCO2)c1ccccc1. The molecule has 1 N–H and O–H groups in total. The van der Waals surface area contributed by atoms with E-state index in [2.05, 4.69) is 5.32 Å². The Bertz CT molecular complexity index is 837. The Labute approximate surface area is 151 Å². The molecule has 2 aromatic carbocycles. The van der Waals surface area contributed by atoms with Gasteiger partial charge in [-0.3, -0.25) is 9.59 Å². The van der Waals surface area contributed by atoms with Gasteiger partial charge in [-0.25, -0.2) is 0 Å². The highest BCUT2D eigenvalue weighted by molar-refractivity contribution is 6.00. The van der Waals surface area contributed by atoms with Crippen LogP contribution in [0.25, 0.3) is 0 Å². The van der Waals surface area contributed by atoms with Crippen LogP contribution in [0.2, 0.25) is 0 Å². The van der Waals surface area contributed by atoms with Gasteiger partial charge in [-0.2, -0.15) is 0 Å². The van der Waals surface area contributed by atoms with Gasteiger partial charge >= 0.3 is 0 Å². The normalized spacial score (nSPS) is 19.7. The Hall–Kier alpha value is -3.02. The summed E-state index contributed by atoms with van der Waals surface area (Å²) in [6.45, 7) is 0.632. The fourth-order valence-corrected chi connectivity index (χ4v) is 3.16. The van der Waals surface area contributed by atoms with Crippen molar-refractivity contribution in [3.63, 3.8) is 0 Å². The minimum Gasteiger partial charge on any atom is -0.454 e. The van der Waals surface area contributed by atoms with E-state index in [-0.39, 0.29) is 30.4 Å². The molecule has 26 heavy (non-hydrogen) atoms. The number of ether oxygens (including phenoxy) is 2. The van der Waals surface area contributed by atoms with Crippen LogP contribution in [0.1, 0.15) is 12.0 Å². The lowest BCUT2D eigenvalue weighted by atomic mass is 10.2. The maximum Gasteiger partial charge on any atom is 0.231 e. The molecule has 2 amide bonds. The molecule has 0 spiro atoms. The van der Waals surface area contributed by atoms with Crippen molar-refractivity contribution in [3.05, 3.63) is 54.1 Å². The molecule has 6 nitrogen and oxygen atoms in total. The van der Waals surface area contributed by atoms with Gasteiger partial charge in [0.05, 0.1) is 11.8 Å². The Balaban J connectivity index is 1.31. The lowest BCUT2D eigenvalue weighted by molar-refractivity contribution is -0.126. The molecule has 6 heteroatoms. The standard InChI is InChI=1S/C20H20N2O4/c1-22(14-5-3-2-4-6-14)20(24)16-10-15(16)19(23)21-11-13-7-8-17-18(9-13)26-12-25-17/h2-9,15-16H,10-12H2,1H3,(H,21,23). The maximum absolute atomic E-state index is 12.5. The number of carbonyl (C=O) groups excluding carboxylic acids is 2. The van der Waals surface area contributed by atoms with Crippen LogP contribution in [0.4, 0.5) is 5.69 Å². The first-order chi connectivity index (χ1) is 12.6. The van der Waals surface area contributed by atoms with E-state index < -0.39 is 0 Å². The second kappa shape index (κ2) is 6.71. The number of anilines is 1. The number of fused-ring (bicyclic) bond motifs is 1. The van der Waals surface area contributed by atoms with Gasteiger partial charge in [-0.1, -0.05) is 24.3 Å². The number of carbonyl (C=O) groups is 2. The van der Waals surface area contributed by atoms with Crippen molar-refractivity contribution in [1.29, 1.82) is 0 Å². The third-order valence-electron chi connectivity index (χ3n) is 4.82. The first-order valence-electron chi connectivity index (χ1n) is 8.62. The quantitative estimate of drug-likeness (QED) is 0.897. The van der Waals surface area contributed by atoms with Crippen LogP contribution in [0.5, 0.6) is 11.5 Å². The van der Waals surface area contributed by atoms with Gasteiger partial charge < -0.3 is 19.7 Å². The minimum absolute atomic E-state index is 0.0144. The zero-order chi connectivity index (χ0) is 18.1. The summed E-state index contributed by atoms with van der Waals surface area (Å²) >= 11 is 0. The summed E-state index contributed by atoms with van der Waals surface area (Å²) in [6.07, 6.45) is 0.600. The third-order valence-corrected chi connectivity index (χ3v) is 4.82. The molecule has 2 atom stereocenters. The monoisotopic (exact) mass is 352 g/mol. The predicted molar refractivity (Wildman–Crippen MR) is 95.9 cm³/mol. The average molecular weight is 352 g/mol. The van der Waals surface area contributed by atoms with Crippen LogP contribution in [0.3, 0.4) is 0 Å². The summed E-state index contributed by atoms with van der Waals surface area (Å²) in [5.74, 6) is 0.833. The summed E-state index contributed by atoms with van der Waals surface area (Å²) in [5, 5.41) is 2.91. The Morgan fingerprint density at radius 1 is 1.08 bits per heavy atom. The van der Waals surface area contributed by atoms with Crippen LogP contribution in [-0.2, 0) is 16.1 Å². The molecule has 1 fully saturated rings. The van der Waals surface area contributed by atoms with Crippen molar-refractivity contribution >= 4 is 17.5 Å². The molecule has 0 aromatic heterocycles. The molecule has 1 saturated carbocycles. The average Bonchev–Trinajstić information content (AvgIpc) is 3.35. The molecule has 4 rings (SSSR count). The van der Waals surface area contributed by atoms with Crippen LogP contribution in [0.15, 0.2) is 48.5 Å². The number of hydrogen-bond donors (Lipinski definition) is 1. The molecule has 2 unspecified atom stereocenters. The van der Waals surface area contributed by atoms with Crippen LogP contribution < -0.4 is 19.7 Å². The van der Waals surface area contributed by atoms with Gasteiger partial charge in [0.1, 0.15) is 0 Å². The number of rotatable bonds is 5. The molecule has 1 aliphatic heterocycles.